The molecule has 1 aromatic carbocycles. The highest BCUT2D eigenvalue weighted by Gasteiger charge is 2.51. The molecular weight excluding hydrogens is 414 g/mol. The van der Waals surface area contributed by atoms with Gasteiger partial charge in [-0.15, -0.1) is 0 Å². The van der Waals surface area contributed by atoms with Gasteiger partial charge in [-0.25, -0.2) is 9.59 Å². The number of nitrogens with zero attached hydrogens (tertiary/aromatic N) is 1. The number of carboxylic acids is 1. The lowest BCUT2D eigenvalue weighted by Crippen LogP contribution is -2.52. The smallest absolute Gasteiger partial charge is 0.411 e. The summed E-state index contributed by atoms with van der Waals surface area (Å²) in [6.45, 7) is 8.06. The SMILES string of the molecule is Cc1ccc(S(=O)(=O)OCCOC2CN(C(=O)OC(C)(C)C)C(C)(C(=O)O)C2)cc1. The van der Waals surface area contributed by atoms with Crippen molar-refractivity contribution >= 4 is 22.2 Å². The van der Waals surface area contributed by atoms with Gasteiger partial charge < -0.3 is 14.6 Å². The van der Waals surface area contributed by atoms with Crippen molar-refractivity contribution in [2.45, 2.75) is 63.2 Å². The standard InChI is InChI=1S/C20H29NO8S/c1-14-6-8-16(9-7-14)30(25,26)28-11-10-27-15-12-20(5,17(22)23)21(13-15)18(24)29-19(2,3)4/h6-9,15H,10-13H2,1-5H3,(H,22,23). The van der Waals surface area contributed by atoms with Crippen LogP contribution >= 0.6 is 0 Å². The van der Waals surface area contributed by atoms with Crippen LogP contribution < -0.4 is 0 Å². The predicted octanol–water partition coefficient (Wildman–Crippen LogP) is 2.57. The number of amides is 1. The quantitative estimate of drug-likeness (QED) is 0.504. The Labute approximate surface area is 177 Å². The van der Waals surface area contributed by atoms with Crippen LogP contribution in [0.5, 0.6) is 0 Å². The number of carbonyl (C=O) groups excluding carboxylic acids is 1. The molecule has 1 heterocycles. The normalized spacial score (nSPS) is 22.2. The maximum Gasteiger partial charge on any atom is 0.411 e. The minimum absolute atomic E-state index is 0.0163. The summed E-state index contributed by atoms with van der Waals surface area (Å²) in [5, 5.41) is 9.62. The van der Waals surface area contributed by atoms with Gasteiger partial charge in [-0.3, -0.25) is 9.08 Å². The number of carboxylic acid groups (broad SMARTS) is 1. The molecule has 0 spiro atoms. The van der Waals surface area contributed by atoms with Crippen LogP contribution in [0, 0.1) is 6.92 Å². The highest BCUT2D eigenvalue weighted by Crippen LogP contribution is 2.32. The van der Waals surface area contributed by atoms with Crippen molar-refractivity contribution in [3.8, 4) is 0 Å². The molecule has 0 saturated carbocycles. The second-order valence-electron chi connectivity index (χ2n) is 8.46. The number of benzene rings is 1. The topological polar surface area (TPSA) is 119 Å². The Morgan fingerprint density at radius 1 is 1.20 bits per heavy atom. The Hall–Kier alpha value is -2.17. The maximum absolute atomic E-state index is 12.4. The summed E-state index contributed by atoms with van der Waals surface area (Å²) in [7, 11) is -3.91. The van der Waals surface area contributed by atoms with E-state index in [-0.39, 0.29) is 31.1 Å². The van der Waals surface area contributed by atoms with Crippen molar-refractivity contribution in [2.75, 3.05) is 19.8 Å². The lowest BCUT2D eigenvalue weighted by molar-refractivity contribution is -0.148. The van der Waals surface area contributed by atoms with Crippen LogP contribution in [0.1, 0.15) is 39.7 Å². The molecule has 1 aromatic rings. The van der Waals surface area contributed by atoms with Crippen LogP contribution in [-0.4, -0.2) is 67.5 Å². The minimum Gasteiger partial charge on any atom is -0.480 e. The Balaban J connectivity index is 1.93. The zero-order valence-corrected chi connectivity index (χ0v) is 18.7. The van der Waals surface area contributed by atoms with Crippen molar-refractivity contribution in [2.24, 2.45) is 0 Å². The average Bonchev–Trinajstić information content (AvgIpc) is 2.96. The van der Waals surface area contributed by atoms with Crippen LogP contribution in [0.3, 0.4) is 0 Å². The van der Waals surface area contributed by atoms with Crippen LogP contribution in [-0.2, 0) is 28.6 Å². The van der Waals surface area contributed by atoms with E-state index in [1.165, 1.54) is 19.1 Å². The molecule has 1 aliphatic heterocycles. The fraction of sp³-hybridized carbons (Fsp3) is 0.600. The second kappa shape index (κ2) is 8.91. The summed E-state index contributed by atoms with van der Waals surface area (Å²) in [6.07, 6.45) is -1.28. The highest BCUT2D eigenvalue weighted by atomic mass is 32.2. The Morgan fingerprint density at radius 3 is 2.33 bits per heavy atom. The molecule has 9 nitrogen and oxygen atoms in total. The number of likely N-dealkylation sites (tertiary alicyclic amines) is 1. The Morgan fingerprint density at radius 2 is 1.80 bits per heavy atom. The molecule has 30 heavy (non-hydrogen) atoms. The first-order valence-corrected chi connectivity index (χ1v) is 11.0. The van der Waals surface area contributed by atoms with E-state index in [2.05, 4.69) is 0 Å². The Kier molecular flexibility index (Phi) is 7.16. The van der Waals surface area contributed by atoms with E-state index in [1.54, 1.807) is 32.9 Å². The van der Waals surface area contributed by atoms with Gasteiger partial charge in [0.25, 0.3) is 10.1 Å². The lowest BCUT2D eigenvalue weighted by Gasteiger charge is -2.32. The van der Waals surface area contributed by atoms with Gasteiger partial charge in [0, 0.05) is 6.42 Å². The second-order valence-corrected chi connectivity index (χ2v) is 10.1. The molecule has 2 atom stereocenters. The summed E-state index contributed by atoms with van der Waals surface area (Å²) >= 11 is 0. The average molecular weight is 444 g/mol. The van der Waals surface area contributed by atoms with Gasteiger partial charge in [0.1, 0.15) is 11.1 Å². The monoisotopic (exact) mass is 443 g/mol. The molecule has 0 bridgehead atoms. The molecule has 0 aromatic heterocycles. The van der Waals surface area contributed by atoms with Gasteiger partial charge in [-0.1, -0.05) is 17.7 Å². The van der Waals surface area contributed by atoms with Crippen LogP contribution in [0.15, 0.2) is 29.2 Å². The van der Waals surface area contributed by atoms with Gasteiger partial charge in [0.05, 0.1) is 30.8 Å². The summed E-state index contributed by atoms with van der Waals surface area (Å²) in [4.78, 5) is 25.4. The first-order valence-electron chi connectivity index (χ1n) is 9.56. The van der Waals surface area contributed by atoms with Crippen LogP contribution in [0.25, 0.3) is 0 Å². The molecule has 2 unspecified atom stereocenters. The molecule has 0 aliphatic carbocycles. The number of hydrogen-bond donors (Lipinski definition) is 1. The number of aryl methyl sites for hydroxylation is 1. The molecular formula is C20H29NO8S. The largest absolute Gasteiger partial charge is 0.480 e. The van der Waals surface area contributed by atoms with Crippen molar-refractivity contribution < 1.29 is 36.8 Å². The number of ether oxygens (including phenoxy) is 2. The third kappa shape index (κ3) is 5.93. The van der Waals surface area contributed by atoms with Gasteiger partial charge in [0.2, 0.25) is 0 Å². The van der Waals surface area contributed by atoms with E-state index in [1.807, 2.05) is 6.92 Å². The summed E-state index contributed by atoms with van der Waals surface area (Å²) in [6, 6.07) is 6.26. The van der Waals surface area contributed by atoms with Gasteiger partial charge >= 0.3 is 12.1 Å². The van der Waals surface area contributed by atoms with E-state index in [4.69, 9.17) is 13.7 Å². The first-order chi connectivity index (χ1) is 13.7. The summed E-state index contributed by atoms with van der Waals surface area (Å²) < 4.78 is 40.3. The fourth-order valence-electron chi connectivity index (χ4n) is 3.06. The van der Waals surface area contributed by atoms with E-state index >= 15 is 0 Å². The van der Waals surface area contributed by atoms with Gasteiger partial charge in [-0.05, 0) is 46.8 Å². The maximum atomic E-state index is 12.4. The summed E-state index contributed by atoms with van der Waals surface area (Å²) in [5.74, 6) is -1.17. The van der Waals surface area contributed by atoms with E-state index in [9.17, 15) is 23.1 Å². The van der Waals surface area contributed by atoms with Gasteiger partial charge in [0.15, 0.2) is 0 Å². The zero-order valence-electron chi connectivity index (χ0n) is 17.9. The fourth-order valence-corrected chi connectivity index (χ4v) is 3.96. The van der Waals surface area contributed by atoms with Gasteiger partial charge in [-0.2, -0.15) is 8.42 Å². The zero-order chi connectivity index (χ0) is 22.7. The molecule has 10 heteroatoms. The van der Waals surface area contributed by atoms with E-state index < -0.39 is 39.4 Å². The molecule has 168 valence electrons. The number of carbonyl (C=O) groups is 2. The third-order valence-corrected chi connectivity index (χ3v) is 5.99. The molecule has 2 rings (SSSR count). The molecule has 0 radical (unpaired) electrons. The number of aliphatic carboxylic acids is 1. The minimum atomic E-state index is -3.91. The number of hydrogen-bond acceptors (Lipinski definition) is 7. The highest BCUT2D eigenvalue weighted by molar-refractivity contribution is 7.86. The molecule has 1 aliphatic rings. The molecule has 1 fully saturated rings. The van der Waals surface area contributed by atoms with E-state index in [0.717, 1.165) is 10.5 Å². The van der Waals surface area contributed by atoms with Crippen LogP contribution in [0.4, 0.5) is 4.79 Å². The third-order valence-electron chi connectivity index (χ3n) is 4.67. The molecule has 1 saturated heterocycles. The van der Waals surface area contributed by atoms with E-state index in [0.29, 0.717) is 0 Å². The van der Waals surface area contributed by atoms with Crippen molar-refractivity contribution in [1.29, 1.82) is 0 Å². The predicted molar refractivity (Wildman–Crippen MR) is 108 cm³/mol. The van der Waals surface area contributed by atoms with Crippen molar-refractivity contribution in [3.05, 3.63) is 29.8 Å². The lowest BCUT2D eigenvalue weighted by atomic mass is 9.99. The van der Waals surface area contributed by atoms with Crippen LogP contribution in [0.2, 0.25) is 0 Å². The molecule has 1 amide bonds. The Bertz CT molecular complexity index is 875. The van der Waals surface area contributed by atoms with Crippen molar-refractivity contribution in [3.63, 3.8) is 0 Å². The number of rotatable bonds is 7. The molecule has 1 N–H and O–H groups in total. The first kappa shape index (κ1) is 24.1. The summed E-state index contributed by atoms with van der Waals surface area (Å²) in [5.41, 5.74) is -1.33. The van der Waals surface area contributed by atoms with Crippen molar-refractivity contribution in [1.82, 2.24) is 4.90 Å².